The Bertz CT molecular complexity index is 1770. The van der Waals surface area contributed by atoms with E-state index in [9.17, 15) is 9.59 Å². The molecule has 0 N–H and O–H groups in total. The van der Waals surface area contributed by atoms with E-state index in [0.29, 0.717) is 60.1 Å². The van der Waals surface area contributed by atoms with Gasteiger partial charge in [-0.05, 0) is 87.1 Å². The largest absolute Gasteiger partial charge is 0.482 e. The number of rotatable bonds is 6. The monoisotopic (exact) mass is 760 g/mol. The number of carbonyl (C=O) groups excluding carboxylic acids is 1. The van der Waals surface area contributed by atoms with Crippen LogP contribution in [0.1, 0.15) is 5.56 Å². The third-order valence-corrected chi connectivity index (χ3v) is 8.05. The molecule has 11 heteroatoms. The molecule has 5 aromatic rings. The SMILES string of the molecule is O=C(COc1c(I)cc(C=Nn2c(-c3cc4ccccc4o3)nc3ccccc3c2=O)cc1I)N1CCOCC1. The number of furan rings is 1. The predicted octanol–water partition coefficient (Wildman–Crippen LogP) is 5.14. The first-order valence-corrected chi connectivity index (χ1v) is 14.7. The third-order valence-electron chi connectivity index (χ3n) is 6.45. The molecule has 0 bridgehead atoms. The first-order valence-electron chi connectivity index (χ1n) is 12.5. The van der Waals surface area contributed by atoms with Gasteiger partial charge in [-0.15, -0.1) is 0 Å². The number of fused-ring (bicyclic) bond motifs is 2. The molecule has 1 amide bonds. The van der Waals surface area contributed by atoms with Gasteiger partial charge in [0.1, 0.15) is 11.3 Å². The van der Waals surface area contributed by atoms with Crippen molar-refractivity contribution >= 4 is 79.2 Å². The molecule has 0 unspecified atom stereocenters. The molecule has 3 aromatic carbocycles. The zero-order chi connectivity index (χ0) is 27.6. The lowest BCUT2D eigenvalue weighted by atomic mass is 10.2. The van der Waals surface area contributed by atoms with Gasteiger partial charge < -0.3 is 18.8 Å². The normalized spacial score (nSPS) is 13.9. The van der Waals surface area contributed by atoms with E-state index in [2.05, 4.69) is 50.3 Å². The number of hydrogen-bond donors (Lipinski definition) is 0. The van der Waals surface area contributed by atoms with Gasteiger partial charge in [0.25, 0.3) is 11.5 Å². The highest BCUT2D eigenvalue weighted by molar-refractivity contribution is 14.1. The fraction of sp³-hybridized carbons (Fsp3) is 0.172. The minimum Gasteiger partial charge on any atom is -0.482 e. The van der Waals surface area contributed by atoms with Crippen LogP contribution in [0.2, 0.25) is 0 Å². The maximum absolute atomic E-state index is 13.5. The number of ether oxygens (including phenoxy) is 2. The number of aromatic nitrogens is 2. The molecule has 0 atom stereocenters. The van der Waals surface area contributed by atoms with Crippen LogP contribution in [0.4, 0.5) is 0 Å². The molecule has 1 aliphatic heterocycles. The van der Waals surface area contributed by atoms with Crippen LogP contribution in [-0.4, -0.2) is 59.6 Å². The Hall–Kier alpha value is -3.30. The van der Waals surface area contributed by atoms with Crippen LogP contribution < -0.4 is 10.3 Å². The Labute approximate surface area is 256 Å². The molecule has 9 nitrogen and oxygen atoms in total. The summed E-state index contributed by atoms with van der Waals surface area (Å²) in [6, 6.07) is 20.4. The highest BCUT2D eigenvalue weighted by Crippen LogP contribution is 2.29. The standard InChI is InChI=1S/C29H22I2N4O5/c30-21-13-18(14-22(31)27(21)39-17-26(36)34-9-11-38-12-10-34)16-32-35-28(25-15-19-5-1-4-8-24(19)40-25)33-23-7-3-2-6-20(23)29(35)37/h1-8,13-16H,9-12,17H2. The van der Waals surface area contributed by atoms with Gasteiger partial charge in [-0.25, -0.2) is 4.98 Å². The molecule has 1 saturated heterocycles. The van der Waals surface area contributed by atoms with Crippen molar-refractivity contribution in [2.45, 2.75) is 0 Å². The number of carbonyl (C=O) groups is 1. The second kappa shape index (κ2) is 11.7. The molecule has 202 valence electrons. The summed E-state index contributed by atoms with van der Waals surface area (Å²) < 4.78 is 20.2. The van der Waals surface area contributed by atoms with Crippen molar-refractivity contribution < 1.29 is 18.7 Å². The molecule has 40 heavy (non-hydrogen) atoms. The van der Waals surface area contributed by atoms with E-state index in [1.165, 1.54) is 4.68 Å². The fourth-order valence-corrected chi connectivity index (χ4v) is 6.56. The third kappa shape index (κ3) is 5.49. The summed E-state index contributed by atoms with van der Waals surface area (Å²) in [7, 11) is 0. The van der Waals surface area contributed by atoms with E-state index in [1.54, 1.807) is 29.3 Å². The molecule has 1 fully saturated rings. The van der Waals surface area contributed by atoms with Crippen LogP contribution in [0.5, 0.6) is 5.75 Å². The van der Waals surface area contributed by atoms with Crippen molar-refractivity contribution in [1.29, 1.82) is 0 Å². The maximum atomic E-state index is 13.5. The summed E-state index contributed by atoms with van der Waals surface area (Å²) in [6.45, 7) is 2.19. The Morgan fingerprint density at radius 3 is 2.52 bits per heavy atom. The zero-order valence-corrected chi connectivity index (χ0v) is 25.4. The molecule has 0 radical (unpaired) electrons. The number of halogens is 2. The van der Waals surface area contributed by atoms with E-state index < -0.39 is 0 Å². The summed E-state index contributed by atoms with van der Waals surface area (Å²) in [5, 5.41) is 5.92. The van der Waals surface area contributed by atoms with Gasteiger partial charge in [0.15, 0.2) is 12.4 Å². The van der Waals surface area contributed by atoms with Crippen molar-refractivity contribution in [3.8, 4) is 17.3 Å². The molecule has 0 aliphatic carbocycles. The van der Waals surface area contributed by atoms with Gasteiger partial charge in [-0.1, -0.05) is 30.3 Å². The van der Waals surface area contributed by atoms with E-state index in [1.807, 2.05) is 48.5 Å². The second-order valence-electron chi connectivity index (χ2n) is 9.06. The van der Waals surface area contributed by atoms with Crippen LogP contribution in [0, 0.1) is 7.14 Å². The summed E-state index contributed by atoms with van der Waals surface area (Å²) in [4.78, 5) is 32.5. The molecule has 2 aromatic heterocycles. The predicted molar refractivity (Wildman–Crippen MR) is 169 cm³/mol. The smallest absolute Gasteiger partial charge is 0.282 e. The summed E-state index contributed by atoms with van der Waals surface area (Å²) in [5.74, 6) is 1.32. The number of hydrogen-bond acceptors (Lipinski definition) is 7. The summed E-state index contributed by atoms with van der Waals surface area (Å²) in [5.41, 5.74) is 1.72. The molecule has 1 aliphatic rings. The number of benzene rings is 3. The van der Waals surface area contributed by atoms with Gasteiger partial charge >= 0.3 is 0 Å². The minimum absolute atomic E-state index is 0.0432. The van der Waals surface area contributed by atoms with Crippen molar-refractivity contribution in [2.75, 3.05) is 32.9 Å². The van der Waals surface area contributed by atoms with Crippen molar-refractivity contribution in [2.24, 2.45) is 5.10 Å². The molecule has 3 heterocycles. The van der Waals surface area contributed by atoms with Crippen LogP contribution in [-0.2, 0) is 9.53 Å². The number of para-hydroxylation sites is 2. The lowest BCUT2D eigenvalue weighted by Crippen LogP contribution is -2.43. The maximum Gasteiger partial charge on any atom is 0.282 e. The van der Waals surface area contributed by atoms with Gasteiger partial charge in [-0.2, -0.15) is 9.78 Å². The highest BCUT2D eigenvalue weighted by Gasteiger charge is 2.19. The van der Waals surface area contributed by atoms with Crippen molar-refractivity contribution in [3.63, 3.8) is 0 Å². The fourth-order valence-electron chi connectivity index (χ4n) is 4.44. The topological polar surface area (TPSA) is 99.2 Å². The van der Waals surface area contributed by atoms with Gasteiger partial charge in [-0.3, -0.25) is 9.59 Å². The number of nitrogens with zero attached hydrogens (tertiary/aromatic N) is 4. The van der Waals surface area contributed by atoms with Gasteiger partial charge in [0.05, 0.1) is 37.5 Å². The lowest BCUT2D eigenvalue weighted by Gasteiger charge is -2.26. The first-order chi connectivity index (χ1) is 19.5. The summed E-state index contributed by atoms with van der Waals surface area (Å²) in [6.07, 6.45) is 1.61. The van der Waals surface area contributed by atoms with E-state index in [0.717, 1.165) is 18.1 Å². The quantitative estimate of drug-likeness (QED) is 0.176. The first kappa shape index (κ1) is 26.9. The Balaban J connectivity index is 1.32. The Morgan fingerprint density at radius 1 is 1.02 bits per heavy atom. The van der Waals surface area contributed by atoms with Crippen molar-refractivity contribution in [3.05, 3.63) is 89.8 Å². The second-order valence-corrected chi connectivity index (χ2v) is 11.4. The lowest BCUT2D eigenvalue weighted by molar-refractivity contribution is -0.137. The van der Waals surface area contributed by atoms with Crippen LogP contribution in [0.25, 0.3) is 33.5 Å². The average molecular weight is 760 g/mol. The summed E-state index contributed by atoms with van der Waals surface area (Å²) >= 11 is 4.35. The number of amides is 1. The highest BCUT2D eigenvalue weighted by atomic mass is 127. The average Bonchev–Trinajstić information content (AvgIpc) is 3.41. The van der Waals surface area contributed by atoms with Gasteiger partial charge in [0, 0.05) is 18.5 Å². The Morgan fingerprint density at radius 2 is 1.75 bits per heavy atom. The van der Waals surface area contributed by atoms with E-state index in [4.69, 9.17) is 18.9 Å². The van der Waals surface area contributed by atoms with Gasteiger partial charge in [0.2, 0.25) is 5.82 Å². The van der Waals surface area contributed by atoms with Crippen molar-refractivity contribution in [1.82, 2.24) is 14.6 Å². The molecular formula is C29H22I2N4O5. The molecular weight excluding hydrogens is 738 g/mol. The van der Waals surface area contributed by atoms with Crippen LogP contribution >= 0.6 is 45.2 Å². The number of morpholine rings is 1. The van der Waals surface area contributed by atoms with Crippen LogP contribution in [0.3, 0.4) is 0 Å². The molecule has 6 rings (SSSR count). The van der Waals surface area contributed by atoms with Crippen LogP contribution in [0.15, 0.2) is 81.0 Å². The molecule has 0 saturated carbocycles. The van der Waals surface area contributed by atoms with E-state index in [-0.39, 0.29) is 18.1 Å². The molecule has 0 spiro atoms. The van der Waals surface area contributed by atoms with E-state index >= 15 is 0 Å². The Kier molecular flexibility index (Phi) is 7.85. The minimum atomic E-state index is -0.303. The zero-order valence-electron chi connectivity index (χ0n) is 21.0.